The second-order valence-corrected chi connectivity index (χ2v) is 5.21. The molecule has 0 amide bonds. The Balaban J connectivity index is 1.89. The third kappa shape index (κ3) is 3.04. The average Bonchev–Trinajstić information content (AvgIpc) is 2.84. The van der Waals surface area contributed by atoms with Crippen LogP contribution in [-0.4, -0.2) is 46.3 Å². The maximum absolute atomic E-state index is 4.75. The number of piperazine rings is 1. The van der Waals surface area contributed by atoms with Gasteiger partial charge in [-0.3, -0.25) is 4.90 Å². The Morgan fingerprint density at radius 1 is 1.65 bits per heavy atom. The first kappa shape index (κ1) is 12.5. The molecule has 0 radical (unpaired) electrons. The first-order valence-electron chi connectivity index (χ1n) is 6.37. The van der Waals surface area contributed by atoms with Gasteiger partial charge in [0, 0.05) is 37.6 Å². The molecule has 1 saturated heterocycles. The van der Waals surface area contributed by atoms with Crippen molar-refractivity contribution in [2.45, 2.75) is 45.2 Å². The number of rotatable bonds is 4. The summed E-state index contributed by atoms with van der Waals surface area (Å²) in [7, 11) is 0. The molecule has 5 heteroatoms. The van der Waals surface area contributed by atoms with Crippen molar-refractivity contribution in [1.29, 1.82) is 0 Å². The predicted molar refractivity (Wildman–Crippen MR) is 65.7 cm³/mol. The Hall–Kier alpha value is -0.940. The van der Waals surface area contributed by atoms with Crippen LogP contribution in [0.1, 0.15) is 33.0 Å². The van der Waals surface area contributed by atoms with Crippen LogP contribution in [0.15, 0.2) is 10.9 Å². The van der Waals surface area contributed by atoms with E-state index in [4.69, 9.17) is 4.52 Å². The molecule has 1 aliphatic heterocycles. The fraction of sp³-hybridized carbons (Fsp3) is 0.833. The fourth-order valence-electron chi connectivity index (χ4n) is 2.27. The molecular formula is C12H22N4O. The highest BCUT2D eigenvalue weighted by Crippen LogP contribution is 2.18. The van der Waals surface area contributed by atoms with E-state index in [1.165, 1.54) is 6.39 Å². The molecule has 1 N–H and O–H groups in total. The summed E-state index contributed by atoms with van der Waals surface area (Å²) in [6.07, 6.45) is 3.41. The first-order valence-corrected chi connectivity index (χ1v) is 6.37. The molecule has 1 aliphatic rings. The van der Waals surface area contributed by atoms with Crippen LogP contribution in [0.25, 0.3) is 0 Å². The zero-order valence-corrected chi connectivity index (χ0v) is 10.9. The monoisotopic (exact) mass is 238 g/mol. The number of hydrogen-bond acceptors (Lipinski definition) is 5. The number of nitrogens with one attached hydrogen (secondary N) is 1. The highest BCUT2D eigenvalue weighted by molar-refractivity contribution is 4.94. The Kier molecular flexibility index (Phi) is 3.79. The summed E-state index contributed by atoms with van der Waals surface area (Å²) in [5, 5.41) is 7.48. The largest absolute Gasteiger partial charge is 0.343 e. The van der Waals surface area contributed by atoms with Gasteiger partial charge in [0.1, 0.15) is 0 Å². The van der Waals surface area contributed by atoms with Crippen LogP contribution in [0.5, 0.6) is 0 Å². The molecule has 96 valence electrons. The van der Waals surface area contributed by atoms with Crippen molar-refractivity contribution in [2.24, 2.45) is 0 Å². The third-order valence-electron chi connectivity index (χ3n) is 3.81. The van der Waals surface area contributed by atoms with Crippen molar-refractivity contribution in [3.63, 3.8) is 0 Å². The standard InChI is InChI=1S/C12H22N4O/c1-4-12(3)8-16(10(2)7-14-12)6-5-11-13-9-17-15-11/h9-10,14H,4-8H2,1-3H3. The van der Waals surface area contributed by atoms with Gasteiger partial charge in [-0.05, 0) is 20.3 Å². The third-order valence-corrected chi connectivity index (χ3v) is 3.81. The summed E-state index contributed by atoms with van der Waals surface area (Å²) in [5.74, 6) is 0.800. The van der Waals surface area contributed by atoms with Gasteiger partial charge in [-0.1, -0.05) is 12.1 Å². The average molecular weight is 238 g/mol. The van der Waals surface area contributed by atoms with E-state index in [0.717, 1.165) is 38.3 Å². The lowest BCUT2D eigenvalue weighted by molar-refractivity contribution is 0.0937. The van der Waals surface area contributed by atoms with Gasteiger partial charge >= 0.3 is 0 Å². The quantitative estimate of drug-likeness (QED) is 0.850. The highest BCUT2D eigenvalue weighted by Gasteiger charge is 2.32. The van der Waals surface area contributed by atoms with E-state index in [-0.39, 0.29) is 5.54 Å². The van der Waals surface area contributed by atoms with E-state index in [9.17, 15) is 0 Å². The summed E-state index contributed by atoms with van der Waals surface area (Å²) >= 11 is 0. The van der Waals surface area contributed by atoms with Crippen LogP contribution >= 0.6 is 0 Å². The summed E-state index contributed by atoms with van der Waals surface area (Å²) in [6.45, 7) is 9.93. The van der Waals surface area contributed by atoms with Crippen LogP contribution in [0.3, 0.4) is 0 Å². The van der Waals surface area contributed by atoms with Gasteiger partial charge in [0.2, 0.25) is 6.39 Å². The number of hydrogen-bond donors (Lipinski definition) is 1. The predicted octanol–water partition coefficient (Wildman–Crippen LogP) is 1.07. The zero-order valence-electron chi connectivity index (χ0n) is 10.9. The molecule has 2 atom stereocenters. The summed E-state index contributed by atoms with van der Waals surface area (Å²) in [4.78, 5) is 6.57. The van der Waals surface area contributed by atoms with Crippen LogP contribution in [0.4, 0.5) is 0 Å². The van der Waals surface area contributed by atoms with Crippen molar-refractivity contribution >= 4 is 0 Å². The molecule has 2 rings (SSSR count). The Morgan fingerprint density at radius 2 is 2.47 bits per heavy atom. The van der Waals surface area contributed by atoms with E-state index in [1.807, 2.05) is 0 Å². The van der Waals surface area contributed by atoms with Crippen LogP contribution < -0.4 is 5.32 Å². The molecule has 0 aromatic carbocycles. The van der Waals surface area contributed by atoms with Crippen molar-refractivity contribution in [1.82, 2.24) is 20.4 Å². The van der Waals surface area contributed by atoms with Crippen molar-refractivity contribution in [2.75, 3.05) is 19.6 Å². The maximum Gasteiger partial charge on any atom is 0.213 e. The molecule has 1 aromatic heterocycles. The fourth-order valence-corrected chi connectivity index (χ4v) is 2.27. The number of aromatic nitrogens is 2. The van der Waals surface area contributed by atoms with E-state index in [2.05, 4.69) is 41.1 Å². The van der Waals surface area contributed by atoms with Gasteiger partial charge in [-0.2, -0.15) is 4.98 Å². The topological polar surface area (TPSA) is 54.2 Å². The normalized spacial score (nSPS) is 30.6. The van der Waals surface area contributed by atoms with Gasteiger partial charge in [-0.15, -0.1) is 0 Å². The molecule has 1 aromatic rings. The van der Waals surface area contributed by atoms with Gasteiger partial charge < -0.3 is 9.84 Å². The lowest BCUT2D eigenvalue weighted by Gasteiger charge is -2.44. The molecule has 0 saturated carbocycles. The smallest absolute Gasteiger partial charge is 0.213 e. The summed E-state index contributed by atoms with van der Waals surface area (Å²) in [6, 6.07) is 0.571. The maximum atomic E-state index is 4.75. The molecule has 1 fully saturated rings. The molecular weight excluding hydrogens is 216 g/mol. The minimum Gasteiger partial charge on any atom is -0.343 e. The minimum atomic E-state index is 0.240. The Morgan fingerprint density at radius 3 is 3.12 bits per heavy atom. The molecule has 5 nitrogen and oxygen atoms in total. The lowest BCUT2D eigenvalue weighted by Crippen LogP contribution is -2.62. The summed E-state index contributed by atoms with van der Waals surface area (Å²) in [5.41, 5.74) is 0.240. The van der Waals surface area contributed by atoms with Crippen LogP contribution in [0.2, 0.25) is 0 Å². The molecule has 17 heavy (non-hydrogen) atoms. The molecule has 0 aliphatic carbocycles. The molecule has 0 bridgehead atoms. The van der Waals surface area contributed by atoms with Gasteiger partial charge in [0.05, 0.1) is 0 Å². The number of nitrogens with zero attached hydrogens (tertiary/aromatic N) is 3. The Labute approximate surface area is 103 Å². The van der Waals surface area contributed by atoms with E-state index < -0.39 is 0 Å². The van der Waals surface area contributed by atoms with Gasteiger partial charge in [-0.25, -0.2) is 0 Å². The van der Waals surface area contributed by atoms with Crippen LogP contribution in [-0.2, 0) is 6.42 Å². The Bertz CT molecular complexity index is 340. The minimum absolute atomic E-state index is 0.240. The van der Waals surface area contributed by atoms with E-state index in [1.54, 1.807) is 0 Å². The summed E-state index contributed by atoms with van der Waals surface area (Å²) < 4.78 is 4.75. The van der Waals surface area contributed by atoms with Crippen molar-refractivity contribution in [3.05, 3.63) is 12.2 Å². The lowest BCUT2D eigenvalue weighted by atomic mass is 9.94. The van der Waals surface area contributed by atoms with Crippen molar-refractivity contribution in [3.8, 4) is 0 Å². The molecule has 2 unspecified atom stereocenters. The second-order valence-electron chi connectivity index (χ2n) is 5.21. The second kappa shape index (κ2) is 5.14. The first-order chi connectivity index (χ1) is 8.13. The molecule has 0 spiro atoms. The van der Waals surface area contributed by atoms with Gasteiger partial charge in [0.15, 0.2) is 5.82 Å². The highest BCUT2D eigenvalue weighted by atomic mass is 16.5. The zero-order chi connectivity index (χ0) is 12.3. The SMILES string of the molecule is CCC1(C)CN(CCc2ncon2)C(C)CN1. The van der Waals surface area contributed by atoms with Gasteiger partial charge in [0.25, 0.3) is 0 Å². The van der Waals surface area contributed by atoms with E-state index >= 15 is 0 Å². The van der Waals surface area contributed by atoms with E-state index in [0.29, 0.717) is 6.04 Å². The van der Waals surface area contributed by atoms with Crippen molar-refractivity contribution < 1.29 is 4.52 Å². The van der Waals surface area contributed by atoms with Crippen LogP contribution in [0, 0.1) is 0 Å². The molecule has 2 heterocycles.